The van der Waals surface area contributed by atoms with Gasteiger partial charge in [0.1, 0.15) is 18.2 Å². The summed E-state index contributed by atoms with van der Waals surface area (Å²) in [6, 6.07) is 19.4. The highest BCUT2D eigenvalue weighted by molar-refractivity contribution is 6.39. The molecule has 0 unspecified atom stereocenters. The SMILES string of the molecule is O=C(N/N=C/c1ccc(OCc2ccc(F)cc2)cc1)C(=O)Nc1cccc(Cl)c1. The average molecular weight is 426 g/mol. The van der Waals surface area contributed by atoms with Crippen LogP contribution in [0.5, 0.6) is 5.75 Å². The fraction of sp³-hybridized carbons (Fsp3) is 0.0455. The summed E-state index contributed by atoms with van der Waals surface area (Å²) in [5, 5.41) is 6.63. The van der Waals surface area contributed by atoms with Crippen molar-refractivity contribution in [3.63, 3.8) is 0 Å². The largest absolute Gasteiger partial charge is 0.489 e. The molecule has 0 saturated heterocycles. The van der Waals surface area contributed by atoms with Gasteiger partial charge in [0.25, 0.3) is 0 Å². The Morgan fingerprint density at radius 1 is 1.00 bits per heavy atom. The predicted octanol–water partition coefficient (Wildman–Crippen LogP) is 4.15. The van der Waals surface area contributed by atoms with Crippen LogP contribution in [-0.4, -0.2) is 18.0 Å². The molecule has 3 aromatic carbocycles. The molecular weight excluding hydrogens is 409 g/mol. The summed E-state index contributed by atoms with van der Waals surface area (Å²) in [4.78, 5) is 23.6. The second-order valence-electron chi connectivity index (χ2n) is 6.15. The van der Waals surface area contributed by atoms with Crippen LogP contribution < -0.4 is 15.5 Å². The summed E-state index contributed by atoms with van der Waals surface area (Å²) in [7, 11) is 0. The van der Waals surface area contributed by atoms with E-state index in [1.807, 2.05) is 0 Å². The summed E-state index contributed by atoms with van der Waals surface area (Å²) in [5.74, 6) is -1.44. The van der Waals surface area contributed by atoms with Crippen LogP contribution in [0.3, 0.4) is 0 Å². The number of ether oxygens (including phenoxy) is 1. The smallest absolute Gasteiger partial charge is 0.329 e. The van der Waals surface area contributed by atoms with E-state index in [4.69, 9.17) is 16.3 Å². The van der Waals surface area contributed by atoms with Crippen molar-refractivity contribution in [3.8, 4) is 5.75 Å². The first-order valence-corrected chi connectivity index (χ1v) is 9.25. The third kappa shape index (κ3) is 6.42. The Bertz CT molecular complexity index is 1050. The zero-order chi connectivity index (χ0) is 21.3. The minimum atomic E-state index is -0.912. The van der Waals surface area contributed by atoms with Gasteiger partial charge in [0.15, 0.2) is 0 Å². The molecule has 2 amide bonds. The van der Waals surface area contributed by atoms with Gasteiger partial charge in [-0.25, -0.2) is 9.82 Å². The Morgan fingerprint density at radius 2 is 1.73 bits per heavy atom. The van der Waals surface area contributed by atoms with Gasteiger partial charge < -0.3 is 10.1 Å². The molecule has 8 heteroatoms. The summed E-state index contributed by atoms with van der Waals surface area (Å²) < 4.78 is 18.5. The van der Waals surface area contributed by atoms with Gasteiger partial charge in [-0.05, 0) is 65.7 Å². The molecule has 6 nitrogen and oxygen atoms in total. The topological polar surface area (TPSA) is 79.8 Å². The van der Waals surface area contributed by atoms with Crippen LogP contribution >= 0.6 is 11.6 Å². The van der Waals surface area contributed by atoms with E-state index in [1.165, 1.54) is 24.4 Å². The summed E-state index contributed by atoms with van der Waals surface area (Å²) in [6.45, 7) is 0.311. The van der Waals surface area contributed by atoms with Crippen molar-refractivity contribution in [2.75, 3.05) is 5.32 Å². The number of nitrogens with one attached hydrogen (secondary N) is 2. The van der Waals surface area contributed by atoms with Crippen LogP contribution in [0.1, 0.15) is 11.1 Å². The van der Waals surface area contributed by atoms with Crippen LogP contribution in [0.25, 0.3) is 0 Å². The predicted molar refractivity (Wildman–Crippen MR) is 113 cm³/mol. The van der Waals surface area contributed by atoms with E-state index in [-0.39, 0.29) is 5.82 Å². The molecule has 0 aliphatic rings. The van der Waals surface area contributed by atoms with Crippen LogP contribution in [0.4, 0.5) is 10.1 Å². The Balaban J connectivity index is 1.46. The van der Waals surface area contributed by atoms with Crippen molar-refractivity contribution in [1.29, 1.82) is 0 Å². The molecule has 0 saturated carbocycles. The molecule has 0 heterocycles. The van der Waals surface area contributed by atoms with Crippen LogP contribution in [0, 0.1) is 5.82 Å². The van der Waals surface area contributed by atoms with E-state index in [0.29, 0.717) is 28.6 Å². The maximum Gasteiger partial charge on any atom is 0.329 e. The molecule has 0 atom stereocenters. The molecule has 152 valence electrons. The number of nitrogens with zero attached hydrogens (tertiary/aromatic N) is 1. The highest BCUT2D eigenvalue weighted by Gasteiger charge is 2.12. The zero-order valence-electron chi connectivity index (χ0n) is 15.6. The third-order valence-electron chi connectivity index (χ3n) is 3.87. The Kier molecular flexibility index (Phi) is 7.13. The van der Waals surface area contributed by atoms with Gasteiger partial charge in [0.2, 0.25) is 0 Å². The second kappa shape index (κ2) is 10.2. The Hall–Kier alpha value is -3.71. The second-order valence-corrected chi connectivity index (χ2v) is 6.58. The highest BCUT2D eigenvalue weighted by atomic mass is 35.5. The summed E-state index contributed by atoms with van der Waals surface area (Å²) in [6.07, 6.45) is 1.40. The van der Waals surface area contributed by atoms with Crippen molar-refractivity contribution in [3.05, 3.63) is 94.8 Å². The van der Waals surface area contributed by atoms with Crippen molar-refractivity contribution < 1.29 is 18.7 Å². The van der Waals surface area contributed by atoms with Gasteiger partial charge in [-0.15, -0.1) is 0 Å². The Labute approximate surface area is 177 Å². The molecule has 3 rings (SSSR count). The molecule has 0 aliphatic heterocycles. The van der Waals surface area contributed by atoms with Crippen molar-refractivity contribution in [2.45, 2.75) is 6.61 Å². The van der Waals surface area contributed by atoms with E-state index in [1.54, 1.807) is 54.6 Å². The molecule has 3 aromatic rings. The minimum Gasteiger partial charge on any atom is -0.489 e. The van der Waals surface area contributed by atoms with Crippen molar-refractivity contribution >= 4 is 35.3 Å². The van der Waals surface area contributed by atoms with Crippen molar-refractivity contribution in [2.24, 2.45) is 5.10 Å². The van der Waals surface area contributed by atoms with Gasteiger partial charge in [-0.1, -0.05) is 29.8 Å². The molecule has 0 fully saturated rings. The number of halogens is 2. The first-order valence-electron chi connectivity index (χ1n) is 8.87. The third-order valence-corrected chi connectivity index (χ3v) is 4.10. The lowest BCUT2D eigenvalue weighted by Crippen LogP contribution is -2.32. The fourth-order valence-electron chi connectivity index (χ4n) is 2.37. The van der Waals surface area contributed by atoms with Gasteiger partial charge in [-0.3, -0.25) is 9.59 Å². The molecule has 0 bridgehead atoms. The lowest BCUT2D eigenvalue weighted by molar-refractivity contribution is -0.136. The first-order chi connectivity index (χ1) is 14.5. The maximum absolute atomic E-state index is 12.9. The zero-order valence-corrected chi connectivity index (χ0v) is 16.4. The van der Waals surface area contributed by atoms with Gasteiger partial charge in [0, 0.05) is 10.7 Å². The van der Waals surface area contributed by atoms with E-state index >= 15 is 0 Å². The number of amides is 2. The van der Waals surface area contributed by atoms with E-state index in [9.17, 15) is 14.0 Å². The number of carbonyl (C=O) groups excluding carboxylic acids is 2. The molecule has 2 N–H and O–H groups in total. The minimum absolute atomic E-state index is 0.295. The number of hydrogen-bond acceptors (Lipinski definition) is 4. The number of anilines is 1. The lowest BCUT2D eigenvalue weighted by Gasteiger charge is -2.06. The van der Waals surface area contributed by atoms with Gasteiger partial charge in [-0.2, -0.15) is 5.10 Å². The van der Waals surface area contributed by atoms with Crippen LogP contribution in [0.2, 0.25) is 5.02 Å². The fourth-order valence-corrected chi connectivity index (χ4v) is 2.56. The molecule has 0 aromatic heterocycles. The maximum atomic E-state index is 12.9. The standard InChI is InChI=1S/C22H17ClFN3O3/c23-17-2-1-3-19(12-17)26-21(28)22(29)27-25-13-15-6-10-20(11-7-15)30-14-16-4-8-18(24)9-5-16/h1-13H,14H2,(H,26,28)(H,27,29)/b25-13+. The number of hydrogen-bond donors (Lipinski definition) is 2. The number of carbonyl (C=O) groups is 2. The van der Waals surface area contributed by atoms with Crippen LogP contribution in [0.15, 0.2) is 77.9 Å². The first kappa shape index (κ1) is 21.0. The monoisotopic (exact) mass is 425 g/mol. The highest BCUT2D eigenvalue weighted by Crippen LogP contribution is 2.15. The van der Waals surface area contributed by atoms with Crippen LogP contribution in [-0.2, 0) is 16.2 Å². The molecule has 0 spiro atoms. The average Bonchev–Trinajstić information content (AvgIpc) is 2.74. The number of benzene rings is 3. The lowest BCUT2D eigenvalue weighted by atomic mass is 10.2. The number of rotatable bonds is 6. The normalized spacial score (nSPS) is 10.6. The summed E-state index contributed by atoms with van der Waals surface area (Å²) in [5.41, 5.74) is 4.10. The molecule has 0 aliphatic carbocycles. The number of hydrazone groups is 1. The quantitative estimate of drug-likeness (QED) is 0.354. The van der Waals surface area contributed by atoms with Gasteiger partial charge in [0.05, 0.1) is 6.21 Å². The molecule has 30 heavy (non-hydrogen) atoms. The Morgan fingerprint density at radius 3 is 2.43 bits per heavy atom. The van der Waals surface area contributed by atoms with Crippen molar-refractivity contribution in [1.82, 2.24) is 5.43 Å². The summed E-state index contributed by atoms with van der Waals surface area (Å²) >= 11 is 5.83. The molecule has 0 radical (unpaired) electrons. The van der Waals surface area contributed by atoms with E-state index in [2.05, 4.69) is 15.8 Å². The molecular formula is C22H17ClFN3O3. The van der Waals surface area contributed by atoms with Gasteiger partial charge >= 0.3 is 11.8 Å². The van der Waals surface area contributed by atoms with E-state index in [0.717, 1.165) is 5.56 Å². The van der Waals surface area contributed by atoms with E-state index < -0.39 is 11.8 Å².